The molecule has 7 heteroatoms. The van der Waals surface area contributed by atoms with Crippen LogP contribution in [0.1, 0.15) is 50.4 Å². The summed E-state index contributed by atoms with van der Waals surface area (Å²) in [7, 11) is 7.76. The van der Waals surface area contributed by atoms with Crippen LogP contribution in [0.25, 0.3) is 0 Å². The summed E-state index contributed by atoms with van der Waals surface area (Å²) < 4.78 is 5.33. The van der Waals surface area contributed by atoms with Crippen molar-refractivity contribution < 1.29 is 4.74 Å². The van der Waals surface area contributed by atoms with Crippen LogP contribution in [0.3, 0.4) is 0 Å². The minimum atomic E-state index is 0.0467. The highest BCUT2D eigenvalue weighted by atomic mass is 32.1. The monoisotopic (exact) mass is 369 g/mol. The number of thiazole rings is 1. The van der Waals surface area contributed by atoms with Gasteiger partial charge in [-0.05, 0) is 47.2 Å². The van der Waals surface area contributed by atoms with Crippen molar-refractivity contribution in [3.8, 4) is 0 Å². The Kier molecular flexibility index (Phi) is 10.0. The summed E-state index contributed by atoms with van der Waals surface area (Å²) in [6.07, 6.45) is 2.37. The van der Waals surface area contributed by atoms with Crippen LogP contribution < -0.4 is 5.32 Å². The summed E-state index contributed by atoms with van der Waals surface area (Å²) in [4.78, 5) is 13.5. The Balaban J connectivity index is 2.37. The highest BCUT2D eigenvalue weighted by Crippen LogP contribution is 2.20. The lowest BCUT2D eigenvalue weighted by atomic mass is 10.2. The number of nitrogens with one attached hydrogen (secondary N) is 1. The van der Waals surface area contributed by atoms with E-state index in [1.54, 1.807) is 18.4 Å². The minimum absolute atomic E-state index is 0.0467. The van der Waals surface area contributed by atoms with E-state index in [0.717, 1.165) is 42.7 Å². The van der Waals surface area contributed by atoms with Gasteiger partial charge in [-0.25, -0.2) is 4.98 Å². The first-order valence-electron chi connectivity index (χ1n) is 8.98. The van der Waals surface area contributed by atoms with Gasteiger partial charge in [0, 0.05) is 39.2 Å². The molecule has 1 heterocycles. The van der Waals surface area contributed by atoms with Crippen molar-refractivity contribution in [3.63, 3.8) is 0 Å². The number of aromatic nitrogens is 1. The molecule has 0 amide bonds. The van der Waals surface area contributed by atoms with Crippen molar-refractivity contribution in [2.24, 2.45) is 4.99 Å². The van der Waals surface area contributed by atoms with Crippen LogP contribution in [-0.4, -0.2) is 68.1 Å². The van der Waals surface area contributed by atoms with E-state index < -0.39 is 0 Å². The van der Waals surface area contributed by atoms with Gasteiger partial charge in [0.05, 0.1) is 12.2 Å². The van der Waals surface area contributed by atoms with E-state index in [1.807, 2.05) is 21.0 Å². The number of nitrogens with zero attached hydrogens (tertiary/aromatic N) is 4. The van der Waals surface area contributed by atoms with Crippen molar-refractivity contribution in [2.75, 3.05) is 41.3 Å². The molecule has 0 aliphatic rings. The molecule has 1 N–H and O–H groups in total. The van der Waals surface area contributed by atoms with Crippen molar-refractivity contribution in [3.05, 3.63) is 16.1 Å². The van der Waals surface area contributed by atoms with Crippen LogP contribution in [0.2, 0.25) is 0 Å². The molecule has 25 heavy (non-hydrogen) atoms. The van der Waals surface area contributed by atoms with Gasteiger partial charge in [0.15, 0.2) is 5.96 Å². The molecule has 0 aromatic carbocycles. The maximum atomic E-state index is 5.33. The minimum Gasteiger partial charge on any atom is -0.375 e. The lowest BCUT2D eigenvalue weighted by Crippen LogP contribution is -2.39. The average molecular weight is 370 g/mol. The molecule has 1 aromatic rings. The Morgan fingerprint density at radius 1 is 1.32 bits per heavy atom. The van der Waals surface area contributed by atoms with Crippen LogP contribution in [0.5, 0.6) is 0 Å². The van der Waals surface area contributed by atoms with Gasteiger partial charge in [0.2, 0.25) is 0 Å². The number of hydrogen-bond donors (Lipinski definition) is 1. The number of rotatable bonds is 10. The van der Waals surface area contributed by atoms with Crippen molar-refractivity contribution >= 4 is 17.3 Å². The predicted molar refractivity (Wildman–Crippen MR) is 107 cm³/mol. The van der Waals surface area contributed by atoms with Crippen LogP contribution in [0.15, 0.2) is 10.4 Å². The van der Waals surface area contributed by atoms with Gasteiger partial charge in [-0.1, -0.05) is 0 Å². The molecule has 0 spiro atoms. The first-order valence-corrected chi connectivity index (χ1v) is 9.86. The molecule has 0 radical (unpaired) electrons. The molecule has 1 unspecified atom stereocenters. The third-order valence-corrected chi connectivity index (χ3v) is 5.40. The van der Waals surface area contributed by atoms with Gasteiger partial charge < -0.3 is 19.9 Å². The van der Waals surface area contributed by atoms with Crippen molar-refractivity contribution in [1.29, 1.82) is 0 Å². The number of methoxy groups -OCH3 is 1. The lowest BCUT2D eigenvalue weighted by Gasteiger charge is -2.22. The molecule has 0 aliphatic heterocycles. The second-order valence-corrected chi connectivity index (χ2v) is 7.56. The Hall–Kier alpha value is -1.18. The fourth-order valence-corrected chi connectivity index (χ4v) is 3.17. The van der Waals surface area contributed by atoms with Gasteiger partial charge in [0.1, 0.15) is 11.1 Å². The first-order chi connectivity index (χ1) is 11.9. The Morgan fingerprint density at radius 3 is 2.64 bits per heavy atom. The molecule has 0 saturated heterocycles. The number of guanidine groups is 1. The van der Waals surface area contributed by atoms with E-state index in [4.69, 9.17) is 4.74 Å². The van der Waals surface area contributed by atoms with E-state index in [1.165, 1.54) is 6.42 Å². The van der Waals surface area contributed by atoms with Gasteiger partial charge in [-0.2, -0.15) is 0 Å². The Labute approximate surface area is 157 Å². The van der Waals surface area contributed by atoms with Crippen molar-refractivity contribution in [2.45, 2.75) is 52.3 Å². The number of aliphatic imine (C=N–C) groups is 1. The largest absolute Gasteiger partial charge is 0.375 e. The fraction of sp³-hybridized carbons (Fsp3) is 0.778. The molecule has 0 saturated carbocycles. The first kappa shape index (κ1) is 21.9. The third kappa shape index (κ3) is 7.71. The molecule has 0 aliphatic carbocycles. The topological polar surface area (TPSA) is 53.0 Å². The summed E-state index contributed by atoms with van der Waals surface area (Å²) in [5.41, 5.74) is 1.05. The maximum absolute atomic E-state index is 5.33. The fourth-order valence-electron chi connectivity index (χ4n) is 2.33. The molecule has 0 bridgehead atoms. The van der Waals surface area contributed by atoms with Crippen LogP contribution in [0.4, 0.5) is 0 Å². The molecule has 6 nitrogen and oxygen atoms in total. The summed E-state index contributed by atoms with van der Waals surface area (Å²) >= 11 is 1.65. The SMILES string of the molecule is CN=C(NCCCCN(C)C(C)C)N(C)Cc1csc(C(C)OC)n1. The molecule has 1 rings (SSSR count). The number of ether oxygens (including phenoxy) is 1. The van der Waals surface area contributed by atoms with Crippen LogP contribution >= 0.6 is 11.3 Å². The summed E-state index contributed by atoms with van der Waals surface area (Å²) in [6, 6.07) is 0.607. The molecule has 144 valence electrons. The van der Waals surface area contributed by atoms with Gasteiger partial charge in [-0.15, -0.1) is 11.3 Å². The quantitative estimate of drug-likeness (QED) is 0.390. The summed E-state index contributed by atoms with van der Waals surface area (Å²) in [6.45, 7) is 9.28. The normalized spacial score (nSPS) is 13.6. The van der Waals surface area contributed by atoms with Gasteiger partial charge in [0.25, 0.3) is 0 Å². The van der Waals surface area contributed by atoms with E-state index in [9.17, 15) is 0 Å². The zero-order valence-electron chi connectivity index (χ0n) is 16.9. The molecule has 0 fully saturated rings. The molecule has 1 atom stereocenters. The van der Waals surface area contributed by atoms with Gasteiger partial charge >= 0.3 is 0 Å². The van der Waals surface area contributed by atoms with E-state index >= 15 is 0 Å². The van der Waals surface area contributed by atoms with Crippen LogP contribution in [0, 0.1) is 0 Å². The predicted octanol–water partition coefficient (Wildman–Crippen LogP) is 2.98. The highest BCUT2D eigenvalue weighted by molar-refractivity contribution is 7.09. The summed E-state index contributed by atoms with van der Waals surface area (Å²) in [5.74, 6) is 0.909. The Morgan fingerprint density at radius 2 is 2.04 bits per heavy atom. The average Bonchev–Trinajstić information content (AvgIpc) is 3.05. The number of hydrogen-bond acceptors (Lipinski definition) is 5. The smallest absolute Gasteiger partial charge is 0.193 e. The van der Waals surface area contributed by atoms with E-state index in [-0.39, 0.29) is 6.10 Å². The standard InChI is InChI=1S/C18H35N5OS/c1-14(2)22(5)11-9-8-10-20-18(19-4)23(6)12-16-13-25-17(21-16)15(3)24-7/h13-15H,8-12H2,1-7H3,(H,19,20). The van der Waals surface area contributed by atoms with Crippen molar-refractivity contribution in [1.82, 2.24) is 20.1 Å². The van der Waals surface area contributed by atoms with Crippen LogP contribution in [-0.2, 0) is 11.3 Å². The second-order valence-electron chi connectivity index (χ2n) is 6.67. The zero-order valence-corrected chi connectivity index (χ0v) is 17.7. The molecule has 1 aromatic heterocycles. The van der Waals surface area contributed by atoms with E-state index in [2.05, 4.69) is 51.4 Å². The number of unbranched alkanes of at least 4 members (excludes halogenated alkanes) is 1. The molecular formula is C18H35N5OS. The Bertz CT molecular complexity index is 517. The summed E-state index contributed by atoms with van der Waals surface area (Å²) in [5, 5.41) is 6.55. The zero-order chi connectivity index (χ0) is 18.8. The third-order valence-electron chi connectivity index (χ3n) is 4.35. The second kappa shape index (κ2) is 11.4. The highest BCUT2D eigenvalue weighted by Gasteiger charge is 2.12. The van der Waals surface area contributed by atoms with E-state index in [0.29, 0.717) is 6.04 Å². The van der Waals surface area contributed by atoms with Gasteiger partial charge in [-0.3, -0.25) is 4.99 Å². The molecular weight excluding hydrogens is 334 g/mol. The lowest BCUT2D eigenvalue weighted by molar-refractivity contribution is 0.119. The maximum Gasteiger partial charge on any atom is 0.193 e.